The normalized spacial score (nSPS) is 10.8. The number of benzene rings is 2. The van der Waals surface area contributed by atoms with Gasteiger partial charge >= 0.3 is 6.36 Å². The van der Waals surface area contributed by atoms with Crippen LogP contribution in [0.15, 0.2) is 48.5 Å². The Balaban J connectivity index is 0.00000264. The second-order valence-corrected chi connectivity index (χ2v) is 4.67. The summed E-state index contributed by atoms with van der Waals surface area (Å²) in [6.45, 7) is 0.687. The SMILES string of the molecule is CNCc1cc(OCc2ccccc2)cc(OC(F)(F)F)c1.Cl. The van der Waals surface area contributed by atoms with Crippen LogP contribution in [0, 0.1) is 0 Å². The first kappa shape index (κ1) is 19.1. The fourth-order valence-electron chi connectivity index (χ4n) is 1.95. The van der Waals surface area contributed by atoms with Crippen LogP contribution in [0.4, 0.5) is 13.2 Å². The lowest BCUT2D eigenvalue weighted by atomic mass is 10.2. The average molecular weight is 348 g/mol. The van der Waals surface area contributed by atoms with Crippen molar-refractivity contribution < 1.29 is 22.6 Å². The Labute approximate surface area is 138 Å². The first-order chi connectivity index (χ1) is 10.5. The second-order valence-electron chi connectivity index (χ2n) is 4.67. The first-order valence-corrected chi connectivity index (χ1v) is 6.67. The summed E-state index contributed by atoms with van der Waals surface area (Å²) in [6.07, 6.45) is -4.73. The molecule has 0 aromatic heterocycles. The van der Waals surface area contributed by atoms with E-state index in [2.05, 4.69) is 10.1 Å². The molecular weight excluding hydrogens is 331 g/mol. The highest BCUT2D eigenvalue weighted by atomic mass is 35.5. The number of hydrogen-bond donors (Lipinski definition) is 1. The minimum atomic E-state index is -4.73. The molecule has 0 aliphatic rings. The number of alkyl halides is 3. The molecule has 0 spiro atoms. The largest absolute Gasteiger partial charge is 0.573 e. The van der Waals surface area contributed by atoms with E-state index in [4.69, 9.17) is 4.74 Å². The summed E-state index contributed by atoms with van der Waals surface area (Å²) in [5.41, 5.74) is 1.58. The molecule has 0 fully saturated rings. The quantitative estimate of drug-likeness (QED) is 0.845. The van der Waals surface area contributed by atoms with Crippen LogP contribution in [0.3, 0.4) is 0 Å². The lowest BCUT2D eigenvalue weighted by molar-refractivity contribution is -0.274. The molecule has 2 rings (SSSR count). The van der Waals surface area contributed by atoms with Crippen LogP contribution in [-0.2, 0) is 13.2 Å². The molecule has 23 heavy (non-hydrogen) atoms. The summed E-state index contributed by atoms with van der Waals surface area (Å²) in [5, 5.41) is 2.88. The summed E-state index contributed by atoms with van der Waals surface area (Å²) < 4.78 is 46.6. The Hall–Kier alpha value is -1.92. The molecule has 0 saturated heterocycles. The third kappa shape index (κ3) is 6.80. The molecule has 1 N–H and O–H groups in total. The minimum absolute atomic E-state index is 0. The van der Waals surface area contributed by atoms with Crippen molar-refractivity contribution in [1.82, 2.24) is 5.32 Å². The van der Waals surface area contributed by atoms with Crippen molar-refractivity contribution in [2.45, 2.75) is 19.5 Å². The van der Waals surface area contributed by atoms with Gasteiger partial charge in [0.05, 0.1) is 0 Å². The highest BCUT2D eigenvalue weighted by molar-refractivity contribution is 5.85. The van der Waals surface area contributed by atoms with E-state index in [1.807, 2.05) is 30.3 Å². The van der Waals surface area contributed by atoms with Crippen LogP contribution in [0.2, 0.25) is 0 Å². The van der Waals surface area contributed by atoms with Crippen LogP contribution in [0.1, 0.15) is 11.1 Å². The number of nitrogens with one attached hydrogen (secondary N) is 1. The average Bonchev–Trinajstić information content (AvgIpc) is 2.44. The Kier molecular flexibility index (Phi) is 7.19. The van der Waals surface area contributed by atoms with Gasteiger partial charge in [-0.2, -0.15) is 0 Å². The Bertz CT molecular complexity index is 606. The van der Waals surface area contributed by atoms with Gasteiger partial charge in [0.25, 0.3) is 0 Å². The van der Waals surface area contributed by atoms with E-state index in [9.17, 15) is 13.2 Å². The van der Waals surface area contributed by atoms with E-state index >= 15 is 0 Å². The van der Waals surface area contributed by atoms with Crippen molar-refractivity contribution in [2.75, 3.05) is 7.05 Å². The zero-order valence-corrected chi connectivity index (χ0v) is 13.2. The maximum Gasteiger partial charge on any atom is 0.573 e. The van der Waals surface area contributed by atoms with E-state index in [1.165, 1.54) is 12.1 Å². The third-order valence-corrected chi connectivity index (χ3v) is 2.80. The lowest BCUT2D eigenvalue weighted by Crippen LogP contribution is -2.17. The van der Waals surface area contributed by atoms with Crippen molar-refractivity contribution >= 4 is 12.4 Å². The van der Waals surface area contributed by atoms with Crippen molar-refractivity contribution in [1.29, 1.82) is 0 Å². The van der Waals surface area contributed by atoms with Gasteiger partial charge in [-0.3, -0.25) is 0 Å². The first-order valence-electron chi connectivity index (χ1n) is 6.67. The Morgan fingerprint density at radius 3 is 2.22 bits per heavy atom. The van der Waals surface area contributed by atoms with Crippen LogP contribution in [0.5, 0.6) is 11.5 Å². The van der Waals surface area contributed by atoms with Gasteiger partial charge in [0.2, 0.25) is 0 Å². The molecule has 0 aliphatic heterocycles. The maximum atomic E-state index is 12.4. The Morgan fingerprint density at radius 1 is 0.957 bits per heavy atom. The van der Waals surface area contributed by atoms with Gasteiger partial charge < -0.3 is 14.8 Å². The molecule has 0 saturated carbocycles. The molecule has 0 radical (unpaired) electrons. The topological polar surface area (TPSA) is 30.5 Å². The molecule has 2 aromatic carbocycles. The highest BCUT2D eigenvalue weighted by Crippen LogP contribution is 2.28. The monoisotopic (exact) mass is 347 g/mol. The molecule has 0 heterocycles. The van der Waals surface area contributed by atoms with Gasteiger partial charge in [-0.15, -0.1) is 25.6 Å². The number of ether oxygens (including phenoxy) is 2. The smallest absolute Gasteiger partial charge is 0.489 e. The summed E-state index contributed by atoms with van der Waals surface area (Å²) in [6, 6.07) is 13.6. The minimum Gasteiger partial charge on any atom is -0.489 e. The van der Waals surface area contributed by atoms with Gasteiger partial charge in [-0.25, -0.2) is 0 Å². The molecule has 126 valence electrons. The molecule has 2 aromatic rings. The van der Waals surface area contributed by atoms with Crippen LogP contribution in [-0.4, -0.2) is 13.4 Å². The lowest BCUT2D eigenvalue weighted by Gasteiger charge is -2.13. The predicted molar refractivity (Wildman–Crippen MR) is 83.9 cm³/mol. The summed E-state index contributed by atoms with van der Waals surface area (Å²) in [4.78, 5) is 0. The van der Waals surface area contributed by atoms with Crippen LogP contribution in [0.25, 0.3) is 0 Å². The Morgan fingerprint density at radius 2 is 1.61 bits per heavy atom. The fourth-order valence-corrected chi connectivity index (χ4v) is 1.95. The van der Waals surface area contributed by atoms with Gasteiger partial charge in [0.15, 0.2) is 0 Å². The van der Waals surface area contributed by atoms with E-state index in [1.54, 1.807) is 13.1 Å². The molecule has 0 unspecified atom stereocenters. The number of rotatable bonds is 6. The van der Waals surface area contributed by atoms with Crippen molar-refractivity contribution in [3.63, 3.8) is 0 Å². The zero-order chi connectivity index (χ0) is 16.0. The number of halogens is 4. The molecule has 0 atom stereocenters. The van der Waals surface area contributed by atoms with Crippen LogP contribution < -0.4 is 14.8 Å². The molecule has 0 bridgehead atoms. The predicted octanol–water partition coefficient (Wildman–Crippen LogP) is 4.31. The van der Waals surface area contributed by atoms with Gasteiger partial charge in [0.1, 0.15) is 18.1 Å². The molecule has 0 aliphatic carbocycles. The van der Waals surface area contributed by atoms with E-state index in [-0.39, 0.29) is 24.8 Å². The van der Waals surface area contributed by atoms with E-state index in [0.717, 1.165) is 5.56 Å². The zero-order valence-electron chi connectivity index (χ0n) is 12.4. The van der Waals surface area contributed by atoms with Crippen LogP contribution >= 0.6 is 12.4 Å². The number of hydrogen-bond acceptors (Lipinski definition) is 3. The molecular formula is C16H17ClF3NO2. The third-order valence-electron chi connectivity index (χ3n) is 2.80. The molecule has 3 nitrogen and oxygen atoms in total. The fraction of sp³-hybridized carbons (Fsp3) is 0.250. The molecule has 0 amide bonds. The van der Waals surface area contributed by atoms with Crippen molar-refractivity contribution in [2.24, 2.45) is 0 Å². The van der Waals surface area contributed by atoms with Gasteiger partial charge in [-0.1, -0.05) is 30.3 Å². The van der Waals surface area contributed by atoms with E-state index in [0.29, 0.717) is 17.9 Å². The van der Waals surface area contributed by atoms with Crippen molar-refractivity contribution in [3.05, 3.63) is 59.7 Å². The molecule has 7 heteroatoms. The summed E-state index contributed by atoms with van der Waals surface area (Å²) in [7, 11) is 1.71. The van der Waals surface area contributed by atoms with Crippen molar-refractivity contribution in [3.8, 4) is 11.5 Å². The summed E-state index contributed by atoms with van der Waals surface area (Å²) >= 11 is 0. The second kappa shape index (κ2) is 8.64. The highest BCUT2D eigenvalue weighted by Gasteiger charge is 2.31. The van der Waals surface area contributed by atoms with Gasteiger partial charge in [0, 0.05) is 12.6 Å². The van der Waals surface area contributed by atoms with E-state index < -0.39 is 6.36 Å². The standard InChI is InChI=1S/C16H16F3NO2.ClH/c1-20-10-13-7-14(9-15(8-13)22-16(17,18)19)21-11-12-5-3-2-4-6-12;/h2-9,20H,10-11H2,1H3;1H. The maximum absolute atomic E-state index is 12.4. The summed E-state index contributed by atoms with van der Waals surface area (Å²) in [5.74, 6) is 0.0409. The van der Waals surface area contributed by atoms with Gasteiger partial charge in [-0.05, 0) is 30.3 Å².